The molecule has 7 heteroatoms. The molecule has 5 aliphatic rings. The van der Waals surface area contributed by atoms with Crippen LogP contribution >= 0.6 is 11.6 Å². The number of rotatable bonds is 4. The third-order valence-corrected chi connectivity index (χ3v) is 7.70. The number of allylic oxidation sites excluding steroid dienone is 2. The maximum atomic E-state index is 13.5. The molecule has 6 atom stereocenters. The first-order valence-electron chi connectivity index (χ1n) is 10.8. The minimum atomic E-state index is -0.444. The van der Waals surface area contributed by atoms with Crippen LogP contribution in [0.1, 0.15) is 16.8 Å². The third-order valence-electron chi connectivity index (χ3n) is 7.46. The van der Waals surface area contributed by atoms with Gasteiger partial charge in [0.2, 0.25) is 11.8 Å². The number of amides is 3. The van der Waals surface area contributed by atoms with E-state index < -0.39 is 5.91 Å². The zero-order valence-electron chi connectivity index (χ0n) is 17.3. The summed E-state index contributed by atoms with van der Waals surface area (Å²) >= 11 is 6.08. The van der Waals surface area contributed by atoms with Crippen LogP contribution in [0, 0.1) is 35.5 Å². The maximum Gasteiger partial charge on any atom is 0.257 e. The first kappa shape index (κ1) is 19.6. The number of ether oxygens (including phenoxy) is 1. The Labute approximate surface area is 190 Å². The fourth-order valence-electron chi connectivity index (χ4n) is 6.02. The SMILES string of the molecule is COc1ccc(Cl)cc1NC(=O)c1ccccc1N1C(=O)[C@@H]2[C@H]3C=C[C@@H]([C@@H]4C[C@@H]34)[C@H]2C1=O. The second-order valence-corrected chi connectivity index (χ2v) is 9.42. The molecule has 2 aromatic carbocycles. The number of carbonyl (C=O) groups is 3. The molecule has 32 heavy (non-hydrogen) atoms. The van der Waals surface area contributed by atoms with E-state index in [2.05, 4.69) is 17.5 Å². The number of benzene rings is 2. The lowest BCUT2D eigenvalue weighted by atomic mass is 9.63. The van der Waals surface area contributed by atoms with Gasteiger partial charge in [0.05, 0.1) is 35.9 Å². The van der Waals surface area contributed by atoms with Gasteiger partial charge in [0.25, 0.3) is 5.91 Å². The molecule has 1 N–H and O–H groups in total. The van der Waals surface area contributed by atoms with E-state index in [1.807, 2.05) is 0 Å². The minimum Gasteiger partial charge on any atom is -0.495 e. The van der Waals surface area contributed by atoms with Crippen molar-refractivity contribution in [2.45, 2.75) is 6.42 Å². The summed E-state index contributed by atoms with van der Waals surface area (Å²) in [6.45, 7) is 0. The van der Waals surface area contributed by atoms with Gasteiger partial charge in [0.15, 0.2) is 0 Å². The number of nitrogens with one attached hydrogen (secondary N) is 1. The van der Waals surface area contributed by atoms with Gasteiger partial charge in [0, 0.05) is 5.02 Å². The van der Waals surface area contributed by atoms with Gasteiger partial charge < -0.3 is 10.1 Å². The van der Waals surface area contributed by atoms with Crippen molar-refractivity contribution in [2.75, 3.05) is 17.3 Å². The van der Waals surface area contributed by atoms with Crippen LogP contribution in [0.2, 0.25) is 5.02 Å². The monoisotopic (exact) mass is 448 g/mol. The van der Waals surface area contributed by atoms with E-state index in [9.17, 15) is 14.4 Å². The van der Waals surface area contributed by atoms with Crippen LogP contribution in [0.25, 0.3) is 0 Å². The quantitative estimate of drug-likeness (QED) is 0.563. The van der Waals surface area contributed by atoms with Crippen LogP contribution in [0.15, 0.2) is 54.6 Å². The Morgan fingerprint density at radius 2 is 1.69 bits per heavy atom. The number of methoxy groups -OCH3 is 1. The summed E-state index contributed by atoms with van der Waals surface area (Å²) in [6.07, 6.45) is 5.38. The molecule has 0 spiro atoms. The molecule has 162 valence electrons. The Morgan fingerprint density at radius 1 is 1.03 bits per heavy atom. The lowest BCUT2D eigenvalue weighted by Crippen LogP contribution is -2.40. The Balaban J connectivity index is 1.35. The Kier molecular flexibility index (Phi) is 4.24. The molecular weight excluding hydrogens is 428 g/mol. The summed E-state index contributed by atoms with van der Waals surface area (Å²) in [5.41, 5.74) is 0.985. The highest BCUT2D eigenvalue weighted by molar-refractivity contribution is 6.31. The largest absolute Gasteiger partial charge is 0.495 e. The zero-order valence-corrected chi connectivity index (χ0v) is 18.1. The van der Waals surface area contributed by atoms with Gasteiger partial charge in [-0.05, 0) is 60.4 Å². The molecule has 1 heterocycles. The number of hydrogen-bond acceptors (Lipinski definition) is 4. The summed E-state index contributed by atoms with van der Waals surface area (Å²) in [7, 11) is 1.50. The van der Waals surface area contributed by atoms with Crippen molar-refractivity contribution >= 4 is 40.7 Å². The van der Waals surface area contributed by atoms with E-state index in [1.54, 1.807) is 42.5 Å². The van der Waals surface area contributed by atoms with Crippen LogP contribution in [0.4, 0.5) is 11.4 Å². The van der Waals surface area contributed by atoms with Crippen molar-refractivity contribution in [3.63, 3.8) is 0 Å². The second-order valence-electron chi connectivity index (χ2n) is 8.98. The summed E-state index contributed by atoms with van der Waals surface area (Å²) in [5, 5.41) is 3.26. The number of nitrogens with zero attached hydrogens (tertiary/aromatic N) is 1. The molecule has 3 amide bonds. The number of anilines is 2. The molecule has 0 radical (unpaired) electrons. The van der Waals surface area contributed by atoms with E-state index in [1.165, 1.54) is 12.0 Å². The zero-order chi connectivity index (χ0) is 22.1. The van der Waals surface area contributed by atoms with Crippen LogP contribution < -0.4 is 15.0 Å². The molecule has 4 aliphatic carbocycles. The van der Waals surface area contributed by atoms with E-state index in [-0.39, 0.29) is 41.0 Å². The number of halogens is 1. The first-order chi connectivity index (χ1) is 15.5. The Morgan fingerprint density at radius 3 is 2.34 bits per heavy atom. The highest BCUT2D eigenvalue weighted by Gasteiger charge is 2.67. The average molecular weight is 449 g/mol. The third kappa shape index (κ3) is 2.69. The van der Waals surface area contributed by atoms with E-state index >= 15 is 0 Å². The smallest absolute Gasteiger partial charge is 0.257 e. The Hall–Kier alpha value is -3.12. The highest BCUT2D eigenvalue weighted by Crippen LogP contribution is 2.65. The second kappa shape index (κ2) is 6.94. The lowest BCUT2D eigenvalue weighted by Gasteiger charge is -2.37. The number of hydrogen-bond donors (Lipinski definition) is 1. The summed E-state index contributed by atoms with van der Waals surface area (Å²) < 4.78 is 5.31. The lowest BCUT2D eigenvalue weighted by molar-refractivity contribution is -0.124. The number of imide groups is 1. The molecule has 1 aliphatic heterocycles. The highest BCUT2D eigenvalue weighted by atomic mass is 35.5. The molecule has 0 aromatic heterocycles. The number of carbonyl (C=O) groups excluding carboxylic acids is 3. The number of para-hydroxylation sites is 1. The maximum absolute atomic E-state index is 13.5. The van der Waals surface area contributed by atoms with Crippen molar-refractivity contribution < 1.29 is 19.1 Å². The van der Waals surface area contributed by atoms with Crippen molar-refractivity contribution in [3.8, 4) is 5.75 Å². The fourth-order valence-corrected chi connectivity index (χ4v) is 6.19. The summed E-state index contributed by atoms with van der Waals surface area (Å²) in [6, 6.07) is 11.7. The molecule has 2 aromatic rings. The van der Waals surface area contributed by atoms with Gasteiger partial charge in [-0.25, -0.2) is 4.90 Å². The van der Waals surface area contributed by atoms with Crippen molar-refractivity contribution in [1.29, 1.82) is 0 Å². The topological polar surface area (TPSA) is 75.7 Å². The molecule has 1 saturated heterocycles. The standard InChI is InChI=1S/C25H21ClN2O4/c1-32-20-9-6-12(26)10-18(20)27-23(29)15-4-2-3-5-19(15)28-24(30)21-13-7-8-14(17-11-16(13)17)22(21)25(28)31/h2-10,13-14,16-17,21-22H,11H2,1H3,(H,27,29)/t13-,14-,16-,17-,21+,22+/m0/s1. The molecule has 6 nitrogen and oxygen atoms in total. The molecule has 3 fully saturated rings. The van der Waals surface area contributed by atoms with Crippen molar-refractivity contribution in [3.05, 3.63) is 65.2 Å². The van der Waals surface area contributed by atoms with Gasteiger partial charge in [-0.3, -0.25) is 14.4 Å². The van der Waals surface area contributed by atoms with Gasteiger partial charge in [-0.1, -0.05) is 35.9 Å². The summed E-state index contributed by atoms with van der Waals surface area (Å²) in [5.74, 6) is 0.322. The van der Waals surface area contributed by atoms with Gasteiger partial charge >= 0.3 is 0 Å². The van der Waals surface area contributed by atoms with Crippen molar-refractivity contribution in [2.24, 2.45) is 35.5 Å². The Bertz CT molecular complexity index is 1170. The molecule has 7 rings (SSSR count). The predicted molar refractivity (Wildman–Crippen MR) is 120 cm³/mol. The van der Waals surface area contributed by atoms with Gasteiger partial charge in [-0.2, -0.15) is 0 Å². The fraction of sp³-hybridized carbons (Fsp3) is 0.320. The molecule has 0 unspecified atom stereocenters. The normalized spacial score (nSPS) is 31.4. The molecule has 2 bridgehead atoms. The first-order valence-corrected chi connectivity index (χ1v) is 11.2. The van der Waals surface area contributed by atoms with E-state index in [0.29, 0.717) is 34.0 Å². The van der Waals surface area contributed by atoms with E-state index in [0.717, 1.165) is 6.42 Å². The van der Waals surface area contributed by atoms with Crippen molar-refractivity contribution in [1.82, 2.24) is 0 Å². The summed E-state index contributed by atoms with van der Waals surface area (Å²) in [4.78, 5) is 41.4. The molecular formula is C25H21ClN2O4. The van der Waals surface area contributed by atoms with Gasteiger partial charge in [0.1, 0.15) is 5.75 Å². The van der Waals surface area contributed by atoms with Crippen LogP contribution in [0.5, 0.6) is 5.75 Å². The van der Waals surface area contributed by atoms with Crippen LogP contribution in [-0.4, -0.2) is 24.8 Å². The predicted octanol–water partition coefficient (Wildman–Crippen LogP) is 4.16. The minimum absolute atomic E-state index is 0.133. The molecule has 2 saturated carbocycles. The van der Waals surface area contributed by atoms with Gasteiger partial charge in [-0.15, -0.1) is 0 Å². The van der Waals surface area contributed by atoms with Crippen LogP contribution in [0.3, 0.4) is 0 Å². The van der Waals surface area contributed by atoms with Crippen LogP contribution in [-0.2, 0) is 9.59 Å². The average Bonchev–Trinajstić information content (AvgIpc) is 3.57. The van der Waals surface area contributed by atoms with E-state index in [4.69, 9.17) is 16.3 Å².